The molecule has 1 aliphatic rings. The first-order chi connectivity index (χ1) is 6.89. The fraction of sp³-hybridized carbons (Fsp3) is 0.875. The summed E-state index contributed by atoms with van der Waals surface area (Å²) < 4.78 is 4.74. The molecule has 0 aliphatic carbocycles. The molecule has 1 aliphatic heterocycles. The van der Waals surface area contributed by atoms with Gasteiger partial charge in [0, 0.05) is 12.8 Å². The quantitative estimate of drug-likeness (QED) is 0.362. The highest BCUT2D eigenvalue weighted by Crippen LogP contribution is 2.28. The van der Waals surface area contributed by atoms with Gasteiger partial charge in [0.15, 0.2) is 0 Å². The van der Waals surface area contributed by atoms with Crippen LogP contribution in [0, 0.1) is 0 Å². The molecule has 7 nitrogen and oxygen atoms in total. The Morgan fingerprint density at radius 3 is 2.67 bits per heavy atom. The van der Waals surface area contributed by atoms with Crippen molar-refractivity contribution in [3.63, 3.8) is 0 Å². The fourth-order valence-corrected chi connectivity index (χ4v) is 1.51. The number of ether oxygens (including phenoxy) is 1. The molecule has 0 spiro atoms. The Balaban J connectivity index is 2.75. The Morgan fingerprint density at radius 2 is 2.20 bits per heavy atom. The van der Waals surface area contributed by atoms with Gasteiger partial charge in [0.1, 0.15) is 6.10 Å². The van der Waals surface area contributed by atoms with E-state index in [0.29, 0.717) is 0 Å². The Labute approximate surface area is 85.5 Å². The van der Waals surface area contributed by atoms with Crippen LogP contribution < -0.4 is 0 Å². The van der Waals surface area contributed by atoms with Crippen LogP contribution >= 0.6 is 0 Å². The van der Waals surface area contributed by atoms with Gasteiger partial charge in [-0.15, -0.1) is 0 Å². The lowest BCUT2D eigenvalue weighted by molar-refractivity contribution is -0.283. The molecule has 5 N–H and O–H groups in total. The first kappa shape index (κ1) is 12.3. The van der Waals surface area contributed by atoms with Gasteiger partial charge in [-0.1, -0.05) is 0 Å². The SMILES string of the molecule is O=C(O)[C@@]1(O)C[C@@H](O)C[C@@H]([C@H](O)CO)O1. The Bertz CT molecular complexity index is 243. The van der Waals surface area contributed by atoms with Crippen LogP contribution in [-0.4, -0.2) is 62.2 Å². The molecule has 0 radical (unpaired) electrons. The van der Waals surface area contributed by atoms with Crippen molar-refractivity contribution in [3.8, 4) is 0 Å². The first-order valence-electron chi connectivity index (χ1n) is 4.49. The van der Waals surface area contributed by atoms with Gasteiger partial charge < -0.3 is 30.3 Å². The predicted octanol–water partition coefficient (Wildman–Crippen LogP) is -2.35. The van der Waals surface area contributed by atoms with E-state index in [1.54, 1.807) is 0 Å². The molecule has 88 valence electrons. The number of rotatable bonds is 3. The zero-order valence-corrected chi connectivity index (χ0v) is 7.91. The fourth-order valence-electron chi connectivity index (χ4n) is 1.51. The van der Waals surface area contributed by atoms with E-state index in [0.717, 1.165) is 0 Å². The van der Waals surface area contributed by atoms with Crippen molar-refractivity contribution in [3.05, 3.63) is 0 Å². The topological polar surface area (TPSA) is 127 Å². The predicted molar refractivity (Wildman–Crippen MR) is 45.8 cm³/mol. The second-order valence-electron chi connectivity index (χ2n) is 3.59. The largest absolute Gasteiger partial charge is 0.477 e. The molecule has 0 saturated carbocycles. The average molecular weight is 222 g/mol. The summed E-state index contributed by atoms with van der Waals surface area (Å²) in [5, 5.41) is 45.3. The van der Waals surface area contributed by atoms with E-state index in [4.69, 9.17) is 14.9 Å². The van der Waals surface area contributed by atoms with E-state index in [2.05, 4.69) is 0 Å². The summed E-state index contributed by atoms with van der Waals surface area (Å²) in [6.45, 7) is -0.632. The minimum atomic E-state index is -2.50. The van der Waals surface area contributed by atoms with Crippen molar-refractivity contribution >= 4 is 5.97 Å². The van der Waals surface area contributed by atoms with Crippen molar-refractivity contribution < 1.29 is 35.1 Å². The van der Waals surface area contributed by atoms with Crippen molar-refractivity contribution in [2.75, 3.05) is 6.61 Å². The van der Waals surface area contributed by atoms with Crippen LogP contribution in [0.3, 0.4) is 0 Å². The van der Waals surface area contributed by atoms with Crippen LogP contribution in [0.4, 0.5) is 0 Å². The van der Waals surface area contributed by atoms with Gasteiger partial charge >= 0.3 is 5.97 Å². The molecule has 0 aromatic carbocycles. The highest BCUT2D eigenvalue weighted by Gasteiger charge is 2.47. The number of carbonyl (C=O) groups is 1. The van der Waals surface area contributed by atoms with Crippen molar-refractivity contribution in [2.45, 2.75) is 36.9 Å². The molecule has 1 rings (SSSR count). The zero-order chi connectivity index (χ0) is 11.6. The number of hydrogen-bond donors (Lipinski definition) is 5. The number of carboxylic acids is 1. The van der Waals surface area contributed by atoms with Crippen molar-refractivity contribution in [1.82, 2.24) is 0 Å². The summed E-state index contributed by atoms with van der Waals surface area (Å²) in [6, 6.07) is 0. The van der Waals surface area contributed by atoms with E-state index in [-0.39, 0.29) is 6.42 Å². The Hall–Kier alpha value is -0.730. The number of carboxylic acid groups (broad SMARTS) is 1. The van der Waals surface area contributed by atoms with Gasteiger partial charge in [-0.3, -0.25) is 0 Å². The molecule has 4 atom stereocenters. The van der Waals surface area contributed by atoms with Crippen LogP contribution in [0.25, 0.3) is 0 Å². The van der Waals surface area contributed by atoms with Gasteiger partial charge in [-0.2, -0.15) is 0 Å². The standard InChI is InChI=1S/C8H14O7/c9-3-5(11)6-1-4(10)2-8(14,15-6)7(12)13/h4-6,9-11,14H,1-3H2,(H,12,13)/t4-,5+,6-,8+/m0/s1. The molecule has 0 aromatic rings. The smallest absolute Gasteiger partial charge is 0.364 e. The minimum absolute atomic E-state index is 0.0304. The van der Waals surface area contributed by atoms with Crippen molar-refractivity contribution in [1.29, 1.82) is 0 Å². The third-order valence-electron chi connectivity index (χ3n) is 2.31. The third-order valence-corrected chi connectivity index (χ3v) is 2.31. The van der Waals surface area contributed by atoms with Crippen LogP contribution in [0.15, 0.2) is 0 Å². The van der Waals surface area contributed by atoms with Crippen LogP contribution in [0.1, 0.15) is 12.8 Å². The van der Waals surface area contributed by atoms with Gasteiger partial charge in [0.05, 0.1) is 18.8 Å². The summed E-state index contributed by atoms with van der Waals surface area (Å²) in [4.78, 5) is 10.6. The van der Waals surface area contributed by atoms with E-state index in [1.807, 2.05) is 0 Å². The monoisotopic (exact) mass is 222 g/mol. The molecule has 0 bridgehead atoms. The lowest BCUT2D eigenvalue weighted by atomic mass is 9.96. The Morgan fingerprint density at radius 1 is 1.60 bits per heavy atom. The zero-order valence-electron chi connectivity index (χ0n) is 7.91. The number of hydrogen-bond acceptors (Lipinski definition) is 6. The molecule has 15 heavy (non-hydrogen) atoms. The Kier molecular flexibility index (Phi) is 3.63. The molecule has 0 amide bonds. The number of aliphatic hydroxyl groups is 4. The molecule has 1 heterocycles. The van der Waals surface area contributed by atoms with Crippen LogP contribution in [0.2, 0.25) is 0 Å². The maximum absolute atomic E-state index is 10.6. The highest BCUT2D eigenvalue weighted by molar-refractivity contribution is 5.75. The van der Waals surface area contributed by atoms with E-state index in [1.165, 1.54) is 0 Å². The highest BCUT2D eigenvalue weighted by atomic mass is 16.7. The second kappa shape index (κ2) is 4.42. The van der Waals surface area contributed by atoms with Crippen LogP contribution in [-0.2, 0) is 9.53 Å². The first-order valence-corrected chi connectivity index (χ1v) is 4.49. The molecule has 0 unspecified atom stereocenters. The molecular formula is C8H14O7. The van der Waals surface area contributed by atoms with Gasteiger partial charge in [-0.25, -0.2) is 4.79 Å². The summed E-state index contributed by atoms with van der Waals surface area (Å²) in [6.07, 6.45) is -4.01. The van der Waals surface area contributed by atoms with E-state index < -0.39 is 43.1 Å². The van der Waals surface area contributed by atoms with E-state index >= 15 is 0 Å². The molecule has 1 saturated heterocycles. The minimum Gasteiger partial charge on any atom is -0.477 e. The number of aliphatic carboxylic acids is 1. The summed E-state index contributed by atoms with van der Waals surface area (Å²) >= 11 is 0. The summed E-state index contributed by atoms with van der Waals surface area (Å²) in [7, 11) is 0. The van der Waals surface area contributed by atoms with Gasteiger partial charge in [0.2, 0.25) is 0 Å². The lowest BCUT2D eigenvalue weighted by Gasteiger charge is -2.38. The molecule has 7 heteroatoms. The molecule has 0 aromatic heterocycles. The number of aliphatic hydroxyl groups excluding tert-OH is 3. The summed E-state index contributed by atoms with van der Waals surface area (Å²) in [5.41, 5.74) is 0. The maximum Gasteiger partial charge on any atom is 0.364 e. The maximum atomic E-state index is 10.6. The van der Waals surface area contributed by atoms with Gasteiger partial charge in [0.25, 0.3) is 5.79 Å². The third kappa shape index (κ3) is 2.64. The van der Waals surface area contributed by atoms with Crippen LogP contribution in [0.5, 0.6) is 0 Å². The lowest BCUT2D eigenvalue weighted by Crippen LogP contribution is -2.54. The van der Waals surface area contributed by atoms with Crippen molar-refractivity contribution in [2.24, 2.45) is 0 Å². The average Bonchev–Trinajstić information content (AvgIpc) is 2.15. The normalized spacial score (nSPS) is 38.7. The summed E-state index contributed by atoms with van der Waals surface area (Å²) in [5.74, 6) is -4.13. The molecular weight excluding hydrogens is 208 g/mol. The van der Waals surface area contributed by atoms with Gasteiger partial charge in [-0.05, 0) is 0 Å². The van der Waals surface area contributed by atoms with E-state index in [9.17, 15) is 20.1 Å². The molecule has 1 fully saturated rings. The second-order valence-corrected chi connectivity index (χ2v) is 3.59.